The second kappa shape index (κ2) is 10.6. The summed E-state index contributed by atoms with van der Waals surface area (Å²) in [7, 11) is 1.12. The molecule has 0 fully saturated rings. The van der Waals surface area contributed by atoms with Gasteiger partial charge in [0.05, 0.1) is 33.3 Å². The van der Waals surface area contributed by atoms with E-state index in [1.165, 1.54) is 40.6 Å². The molecule has 0 saturated carbocycles. The Kier molecular flexibility index (Phi) is 7.80. The van der Waals surface area contributed by atoms with E-state index < -0.39 is 32.4 Å². The predicted molar refractivity (Wildman–Crippen MR) is 125 cm³/mol. The molecule has 0 bridgehead atoms. The predicted octanol–water partition coefficient (Wildman–Crippen LogP) is 5.11. The van der Waals surface area contributed by atoms with Crippen LogP contribution in [0.1, 0.15) is 11.1 Å². The first-order valence-electron chi connectivity index (χ1n) is 9.97. The topological polar surface area (TPSA) is 83.1 Å². The van der Waals surface area contributed by atoms with Crippen LogP contribution in [0, 0.1) is 17.5 Å². The minimum Gasteiger partial charge on any atom is -0.493 e. The molecule has 186 valence electrons. The lowest BCUT2D eigenvalue weighted by Crippen LogP contribution is -2.15. The molecule has 0 unspecified atom stereocenters. The number of methoxy groups -OCH3 is 4. The van der Waals surface area contributed by atoms with Gasteiger partial charge in [0.1, 0.15) is 5.69 Å². The van der Waals surface area contributed by atoms with Crippen molar-refractivity contribution in [2.24, 2.45) is 0 Å². The highest BCUT2D eigenvalue weighted by Gasteiger charge is 2.22. The van der Waals surface area contributed by atoms with E-state index in [1.54, 1.807) is 18.2 Å². The van der Waals surface area contributed by atoms with Crippen LogP contribution in [0.15, 0.2) is 47.4 Å². The Balaban J connectivity index is 2.08. The molecular formula is C24H22F3NO6S. The number of hydrogen-bond acceptors (Lipinski definition) is 6. The summed E-state index contributed by atoms with van der Waals surface area (Å²) in [5.41, 5.74) is 0.585. The maximum Gasteiger partial charge on any atom is 0.262 e. The van der Waals surface area contributed by atoms with E-state index >= 15 is 0 Å². The fourth-order valence-electron chi connectivity index (χ4n) is 3.24. The van der Waals surface area contributed by atoms with Crippen LogP contribution in [0.5, 0.6) is 23.0 Å². The van der Waals surface area contributed by atoms with Crippen molar-refractivity contribution in [3.8, 4) is 23.0 Å². The molecule has 0 aliphatic carbocycles. The molecule has 0 aliphatic heterocycles. The first-order valence-corrected chi connectivity index (χ1v) is 11.5. The highest BCUT2D eigenvalue weighted by Crippen LogP contribution is 2.39. The van der Waals surface area contributed by atoms with Gasteiger partial charge in [-0.25, -0.2) is 21.6 Å². The molecule has 7 nitrogen and oxygen atoms in total. The summed E-state index contributed by atoms with van der Waals surface area (Å²) in [6.07, 6.45) is 3.11. The third-order valence-corrected chi connectivity index (χ3v) is 6.27. The molecule has 0 heterocycles. The number of benzene rings is 3. The second-order valence-electron chi connectivity index (χ2n) is 7.02. The number of nitrogens with one attached hydrogen (secondary N) is 1. The summed E-state index contributed by atoms with van der Waals surface area (Å²) in [6.45, 7) is 0. The molecule has 1 N–H and O–H groups in total. The zero-order valence-electron chi connectivity index (χ0n) is 19.2. The monoisotopic (exact) mass is 509 g/mol. The second-order valence-corrected chi connectivity index (χ2v) is 8.70. The first kappa shape index (κ1) is 25.8. The molecule has 0 radical (unpaired) electrons. The van der Waals surface area contributed by atoms with E-state index in [0.717, 1.165) is 12.1 Å². The van der Waals surface area contributed by atoms with Gasteiger partial charge < -0.3 is 18.9 Å². The van der Waals surface area contributed by atoms with E-state index in [4.69, 9.17) is 18.9 Å². The highest BCUT2D eigenvalue weighted by molar-refractivity contribution is 7.92. The number of rotatable bonds is 9. The zero-order valence-corrected chi connectivity index (χ0v) is 20.0. The van der Waals surface area contributed by atoms with Gasteiger partial charge in [0.25, 0.3) is 10.0 Å². The fraction of sp³-hybridized carbons (Fsp3) is 0.167. The van der Waals surface area contributed by atoms with Crippen LogP contribution in [-0.4, -0.2) is 36.9 Å². The Bertz CT molecular complexity index is 1350. The van der Waals surface area contributed by atoms with Crippen LogP contribution in [0.4, 0.5) is 18.9 Å². The molecule has 3 aromatic carbocycles. The Morgan fingerprint density at radius 2 is 1.31 bits per heavy atom. The summed E-state index contributed by atoms with van der Waals surface area (Å²) in [4.78, 5) is -0.553. The molecule has 0 spiro atoms. The minimum absolute atomic E-state index is 0.225. The van der Waals surface area contributed by atoms with Gasteiger partial charge in [0.15, 0.2) is 34.7 Å². The van der Waals surface area contributed by atoms with Gasteiger partial charge in [0.2, 0.25) is 5.75 Å². The van der Waals surface area contributed by atoms with Gasteiger partial charge in [-0.05, 0) is 48.0 Å². The molecule has 35 heavy (non-hydrogen) atoms. The minimum atomic E-state index is -4.43. The third kappa shape index (κ3) is 5.46. The standard InChI is InChI=1S/C24H22F3NO6S/c1-31-20-11-14(12-21(32-2)24(20)34-4)5-6-15-7-9-18(26)23(33-3)22(15)28-35(29,30)16-8-10-17(25)19(27)13-16/h5-13,28H,1-4H3. The SMILES string of the molecule is COc1cc(C=Cc2ccc(F)c(OC)c2NS(=O)(=O)c2ccc(F)c(F)c2)cc(OC)c1OC. The van der Waals surface area contributed by atoms with Gasteiger partial charge in [-0.2, -0.15) is 0 Å². The molecule has 0 amide bonds. The number of anilines is 1. The molecule has 11 heteroatoms. The summed E-state index contributed by atoms with van der Waals surface area (Å²) in [5.74, 6) is -2.60. The van der Waals surface area contributed by atoms with Crippen molar-refractivity contribution in [1.29, 1.82) is 0 Å². The quantitative estimate of drug-likeness (QED) is 0.404. The van der Waals surface area contributed by atoms with Crippen molar-refractivity contribution < 1.29 is 40.5 Å². The van der Waals surface area contributed by atoms with Crippen LogP contribution in [-0.2, 0) is 10.0 Å². The number of halogens is 3. The lowest BCUT2D eigenvalue weighted by Gasteiger charge is -2.16. The van der Waals surface area contributed by atoms with Crippen molar-refractivity contribution >= 4 is 27.9 Å². The number of hydrogen-bond donors (Lipinski definition) is 1. The lowest BCUT2D eigenvalue weighted by atomic mass is 10.1. The Labute approximate surface area is 200 Å². The van der Waals surface area contributed by atoms with E-state index in [-0.39, 0.29) is 17.0 Å². The first-order chi connectivity index (χ1) is 16.6. The molecular weight excluding hydrogens is 487 g/mol. The van der Waals surface area contributed by atoms with Crippen LogP contribution in [0.2, 0.25) is 0 Å². The molecule has 0 aliphatic rings. The van der Waals surface area contributed by atoms with Crippen LogP contribution >= 0.6 is 0 Å². The van der Waals surface area contributed by atoms with Gasteiger partial charge in [-0.3, -0.25) is 4.72 Å². The Morgan fingerprint density at radius 1 is 0.714 bits per heavy atom. The average molecular weight is 510 g/mol. The number of ether oxygens (including phenoxy) is 4. The van der Waals surface area contributed by atoms with Gasteiger partial charge in [0, 0.05) is 5.56 Å². The summed E-state index contributed by atoms with van der Waals surface area (Å²) < 4.78 is 90.3. The Morgan fingerprint density at radius 3 is 1.86 bits per heavy atom. The van der Waals surface area contributed by atoms with Crippen LogP contribution < -0.4 is 23.7 Å². The maximum atomic E-state index is 14.4. The summed E-state index contributed by atoms with van der Waals surface area (Å²) in [5, 5.41) is 0. The number of sulfonamides is 1. The van der Waals surface area contributed by atoms with Crippen molar-refractivity contribution in [1.82, 2.24) is 0 Å². The van der Waals surface area contributed by atoms with E-state index in [2.05, 4.69) is 4.72 Å². The molecule has 3 aromatic rings. The zero-order chi connectivity index (χ0) is 25.8. The average Bonchev–Trinajstić information content (AvgIpc) is 2.84. The largest absolute Gasteiger partial charge is 0.493 e. The maximum absolute atomic E-state index is 14.4. The fourth-order valence-corrected chi connectivity index (χ4v) is 4.34. The third-order valence-electron chi connectivity index (χ3n) is 4.93. The van der Waals surface area contributed by atoms with Crippen molar-refractivity contribution in [3.05, 3.63) is 71.0 Å². The van der Waals surface area contributed by atoms with Gasteiger partial charge in [-0.1, -0.05) is 12.2 Å². The van der Waals surface area contributed by atoms with Crippen molar-refractivity contribution in [2.75, 3.05) is 33.2 Å². The van der Waals surface area contributed by atoms with E-state index in [1.807, 2.05) is 0 Å². The highest BCUT2D eigenvalue weighted by atomic mass is 32.2. The van der Waals surface area contributed by atoms with Gasteiger partial charge in [-0.15, -0.1) is 0 Å². The molecule has 0 aromatic heterocycles. The van der Waals surface area contributed by atoms with E-state index in [9.17, 15) is 21.6 Å². The van der Waals surface area contributed by atoms with Crippen LogP contribution in [0.3, 0.4) is 0 Å². The Hall–Kier alpha value is -3.86. The smallest absolute Gasteiger partial charge is 0.262 e. The normalized spacial score (nSPS) is 11.4. The molecule has 0 saturated heterocycles. The summed E-state index contributed by atoms with van der Waals surface area (Å²) >= 11 is 0. The molecule has 3 rings (SSSR count). The summed E-state index contributed by atoms with van der Waals surface area (Å²) in [6, 6.07) is 7.83. The van der Waals surface area contributed by atoms with Crippen molar-refractivity contribution in [3.63, 3.8) is 0 Å². The van der Waals surface area contributed by atoms with Crippen LogP contribution in [0.25, 0.3) is 12.2 Å². The molecule has 0 atom stereocenters. The van der Waals surface area contributed by atoms with Gasteiger partial charge >= 0.3 is 0 Å². The lowest BCUT2D eigenvalue weighted by molar-refractivity contribution is 0.324. The van der Waals surface area contributed by atoms with Crippen molar-refractivity contribution in [2.45, 2.75) is 4.90 Å². The van der Waals surface area contributed by atoms with E-state index in [0.29, 0.717) is 34.9 Å².